The lowest BCUT2D eigenvalue weighted by atomic mass is 9.49. The van der Waals surface area contributed by atoms with Crippen LogP contribution in [0, 0.1) is 19.7 Å². The maximum atomic E-state index is 14.6. The summed E-state index contributed by atoms with van der Waals surface area (Å²) in [7, 11) is -3.15. The normalized spacial score (nSPS) is 26.4. The summed E-state index contributed by atoms with van der Waals surface area (Å²) in [6.45, 7) is 11.3. The van der Waals surface area contributed by atoms with E-state index >= 15 is 0 Å². The summed E-state index contributed by atoms with van der Waals surface area (Å²) in [4.78, 5) is 33.5. The van der Waals surface area contributed by atoms with Gasteiger partial charge in [-0.05, 0) is 74.9 Å². The maximum absolute atomic E-state index is 14.6. The minimum Gasteiger partial charge on any atom is -0.483 e. The molecule has 220 valence electrons. The zero-order chi connectivity index (χ0) is 29.7. The third-order valence-electron chi connectivity index (χ3n) is 8.85. The summed E-state index contributed by atoms with van der Waals surface area (Å²) in [5.74, 6) is -0.312. The Morgan fingerprint density at radius 1 is 1.22 bits per heavy atom. The van der Waals surface area contributed by atoms with Crippen molar-refractivity contribution in [1.29, 1.82) is 0 Å². The monoisotopic (exact) mass is 584 g/mol. The molecule has 2 aromatic rings. The molecule has 0 spiro atoms. The van der Waals surface area contributed by atoms with Crippen LogP contribution in [0.3, 0.4) is 0 Å². The SMILES string of the molecule is C=CC(=O)N1CCN(C[C@@H](Oc2cnc(C(=O)NC34CC(S(C)(=O)=O)(C3)C4)c(C)c2)c2ccc(C)c(F)c2)C[C@H]1C. The second-order valence-corrected chi connectivity index (χ2v) is 14.4. The van der Waals surface area contributed by atoms with E-state index in [9.17, 15) is 22.4 Å². The van der Waals surface area contributed by atoms with E-state index in [1.54, 1.807) is 30.9 Å². The number of aryl methyl sites for hydroxylation is 2. The highest BCUT2D eigenvalue weighted by molar-refractivity contribution is 7.92. The van der Waals surface area contributed by atoms with Gasteiger partial charge in [0.05, 0.1) is 10.9 Å². The molecule has 6 rings (SSSR count). The van der Waals surface area contributed by atoms with Crippen molar-refractivity contribution in [3.8, 4) is 5.75 Å². The molecule has 3 aliphatic carbocycles. The first-order valence-electron chi connectivity index (χ1n) is 13.8. The first kappa shape index (κ1) is 29.2. The lowest BCUT2D eigenvalue weighted by Crippen LogP contribution is -2.80. The summed E-state index contributed by atoms with van der Waals surface area (Å²) in [6.07, 6.45) is 4.87. The predicted molar refractivity (Wildman–Crippen MR) is 153 cm³/mol. The number of aromatic nitrogens is 1. The Kier molecular flexibility index (Phi) is 7.48. The Morgan fingerprint density at radius 3 is 2.51 bits per heavy atom. The van der Waals surface area contributed by atoms with Gasteiger partial charge in [0.25, 0.3) is 5.91 Å². The summed E-state index contributed by atoms with van der Waals surface area (Å²) in [5.41, 5.74) is 1.61. The van der Waals surface area contributed by atoms with Gasteiger partial charge in [-0.15, -0.1) is 0 Å². The van der Waals surface area contributed by atoms with Crippen LogP contribution < -0.4 is 10.1 Å². The van der Waals surface area contributed by atoms with Gasteiger partial charge in [-0.2, -0.15) is 0 Å². The number of pyridine rings is 1. The van der Waals surface area contributed by atoms with E-state index in [1.807, 2.05) is 13.0 Å². The highest BCUT2D eigenvalue weighted by Gasteiger charge is 2.73. The van der Waals surface area contributed by atoms with Gasteiger partial charge in [0, 0.05) is 44.0 Å². The zero-order valence-corrected chi connectivity index (χ0v) is 24.8. The first-order chi connectivity index (χ1) is 19.2. The van der Waals surface area contributed by atoms with Gasteiger partial charge in [-0.1, -0.05) is 18.7 Å². The fraction of sp³-hybridized carbons (Fsp3) is 0.500. The molecule has 3 saturated carbocycles. The topological polar surface area (TPSA) is 109 Å². The molecular weight excluding hydrogens is 547 g/mol. The van der Waals surface area contributed by atoms with Crippen molar-refractivity contribution in [3.05, 3.63) is 71.3 Å². The number of carbonyl (C=O) groups is 2. The number of piperazine rings is 1. The molecule has 4 aliphatic rings. The second-order valence-electron chi connectivity index (χ2n) is 12.0. The van der Waals surface area contributed by atoms with Crippen LogP contribution in [0.4, 0.5) is 4.39 Å². The first-order valence-corrected chi connectivity index (χ1v) is 15.7. The molecule has 11 heteroatoms. The molecule has 1 aromatic carbocycles. The highest BCUT2D eigenvalue weighted by Crippen LogP contribution is 2.64. The molecule has 2 bridgehead atoms. The fourth-order valence-electron chi connectivity index (χ4n) is 6.43. The molecule has 4 fully saturated rings. The average molecular weight is 585 g/mol. The van der Waals surface area contributed by atoms with E-state index < -0.39 is 26.2 Å². The second kappa shape index (κ2) is 10.5. The van der Waals surface area contributed by atoms with Gasteiger partial charge in [-0.3, -0.25) is 14.5 Å². The Labute approximate surface area is 240 Å². The minimum atomic E-state index is -3.15. The molecule has 9 nitrogen and oxygen atoms in total. The summed E-state index contributed by atoms with van der Waals surface area (Å²) in [6, 6.07) is 6.78. The van der Waals surface area contributed by atoms with Crippen LogP contribution in [0.5, 0.6) is 5.75 Å². The maximum Gasteiger partial charge on any atom is 0.270 e. The van der Waals surface area contributed by atoms with Crippen molar-refractivity contribution in [2.24, 2.45) is 0 Å². The Balaban J connectivity index is 1.29. The smallest absolute Gasteiger partial charge is 0.270 e. The molecule has 1 N–H and O–H groups in total. The third-order valence-corrected chi connectivity index (χ3v) is 10.9. The molecule has 1 aromatic heterocycles. The average Bonchev–Trinajstić information content (AvgIpc) is 2.85. The third kappa shape index (κ3) is 5.49. The Hall–Kier alpha value is -3.31. The van der Waals surface area contributed by atoms with Gasteiger partial charge in [0.1, 0.15) is 23.4 Å². The van der Waals surface area contributed by atoms with E-state index in [0.29, 0.717) is 67.9 Å². The lowest BCUT2D eigenvalue weighted by molar-refractivity contribution is -0.130. The zero-order valence-electron chi connectivity index (χ0n) is 23.9. The molecule has 2 amide bonds. The Bertz CT molecular complexity index is 1490. The van der Waals surface area contributed by atoms with E-state index in [1.165, 1.54) is 24.6 Å². The van der Waals surface area contributed by atoms with Crippen LogP contribution in [0.2, 0.25) is 0 Å². The van der Waals surface area contributed by atoms with Crippen molar-refractivity contribution >= 4 is 21.7 Å². The van der Waals surface area contributed by atoms with E-state index in [0.717, 1.165) is 0 Å². The number of carbonyl (C=O) groups excluding carboxylic acids is 2. The number of benzene rings is 1. The van der Waals surface area contributed by atoms with Crippen LogP contribution in [0.1, 0.15) is 59.5 Å². The van der Waals surface area contributed by atoms with Gasteiger partial charge >= 0.3 is 0 Å². The van der Waals surface area contributed by atoms with Crippen LogP contribution in [-0.2, 0) is 14.6 Å². The van der Waals surface area contributed by atoms with Crippen molar-refractivity contribution < 1.29 is 27.1 Å². The molecule has 41 heavy (non-hydrogen) atoms. The van der Waals surface area contributed by atoms with Crippen molar-refractivity contribution in [1.82, 2.24) is 20.1 Å². The van der Waals surface area contributed by atoms with Gasteiger partial charge in [-0.25, -0.2) is 17.8 Å². The number of amides is 2. The molecule has 1 saturated heterocycles. The van der Waals surface area contributed by atoms with Crippen LogP contribution in [0.25, 0.3) is 0 Å². The number of nitrogens with zero attached hydrogens (tertiary/aromatic N) is 3. The van der Waals surface area contributed by atoms with Gasteiger partial charge in [0.2, 0.25) is 5.91 Å². The van der Waals surface area contributed by atoms with Crippen LogP contribution in [0.15, 0.2) is 43.1 Å². The number of halogens is 1. The van der Waals surface area contributed by atoms with Crippen LogP contribution >= 0.6 is 0 Å². The van der Waals surface area contributed by atoms with Gasteiger partial charge < -0.3 is 15.0 Å². The van der Waals surface area contributed by atoms with E-state index in [-0.39, 0.29) is 29.4 Å². The van der Waals surface area contributed by atoms with Crippen molar-refractivity contribution in [2.45, 2.75) is 62.5 Å². The Morgan fingerprint density at radius 2 is 1.93 bits per heavy atom. The molecule has 1 aliphatic heterocycles. The predicted octanol–water partition coefficient (Wildman–Crippen LogP) is 3.13. The van der Waals surface area contributed by atoms with E-state index in [4.69, 9.17) is 4.74 Å². The van der Waals surface area contributed by atoms with Gasteiger partial charge in [0.15, 0.2) is 9.84 Å². The summed E-state index contributed by atoms with van der Waals surface area (Å²) in [5, 5.41) is 3.00. The van der Waals surface area contributed by atoms with Crippen LogP contribution in [-0.4, -0.2) is 83.8 Å². The number of ether oxygens (including phenoxy) is 1. The quantitative estimate of drug-likeness (QED) is 0.451. The molecule has 0 radical (unpaired) electrons. The standard InChI is InChI=1S/C30H37FN4O5S/c1-6-26(36)35-10-9-34(14-21(35)4)15-25(22-8-7-19(2)24(31)12-22)40-23-11-20(3)27(32-13-23)28(37)33-29-16-30(17-29,18-29)41(5,38)39/h6-8,11-13,21,25H,1,9-10,14-18H2,2-5H3,(H,33,37)/t21-,25-,29?,30?/m1/s1. The van der Waals surface area contributed by atoms with Crippen molar-refractivity contribution in [3.63, 3.8) is 0 Å². The minimum absolute atomic E-state index is 0.0141. The summed E-state index contributed by atoms with van der Waals surface area (Å²) >= 11 is 0. The number of hydrogen-bond acceptors (Lipinski definition) is 7. The molecule has 0 unspecified atom stereocenters. The van der Waals surface area contributed by atoms with Crippen molar-refractivity contribution in [2.75, 3.05) is 32.4 Å². The number of hydrogen-bond donors (Lipinski definition) is 1. The number of sulfone groups is 1. The number of rotatable bonds is 9. The molecule has 2 atom stereocenters. The lowest BCUT2D eigenvalue weighted by Gasteiger charge is -2.68. The fourth-order valence-corrected chi connectivity index (χ4v) is 8.05. The highest BCUT2D eigenvalue weighted by atomic mass is 32.2. The molecule has 2 heterocycles. The summed E-state index contributed by atoms with van der Waals surface area (Å²) < 4.78 is 44.2. The number of nitrogens with one attached hydrogen (secondary N) is 1. The largest absolute Gasteiger partial charge is 0.483 e. The molecular formula is C30H37FN4O5S. The van der Waals surface area contributed by atoms with E-state index in [2.05, 4.69) is 21.8 Å².